The van der Waals surface area contributed by atoms with Crippen LogP contribution in [0.25, 0.3) is 0 Å². The van der Waals surface area contributed by atoms with E-state index in [4.69, 9.17) is 16.3 Å². The molecule has 0 spiro atoms. The maximum absolute atomic E-state index is 5.98. The summed E-state index contributed by atoms with van der Waals surface area (Å²) in [6.07, 6.45) is 4.39. The lowest BCUT2D eigenvalue weighted by atomic mass is 9.99. The van der Waals surface area contributed by atoms with Crippen LogP contribution in [0.15, 0.2) is 24.3 Å². The monoisotopic (exact) mass is 258 g/mol. The van der Waals surface area contributed by atoms with Gasteiger partial charge in [-0.2, -0.15) is 11.8 Å². The first-order valence-corrected chi connectivity index (χ1v) is 7.40. The average molecular weight is 259 g/mol. The minimum Gasteiger partial charge on any atom is -0.497 e. The Balaban J connectivity index is 2.49. The summed E-state index contributed by atoms with van der Waals surface area (Å²) in [5, 5.41) is 0. The smallest absolute Gasteiger partial charge is 0.118 e. The normalized spacial score (nSPS) is 12.4. The van der Waals surface area contributed by atoms with Crippen LogP contribution in [0, 0.1) is 5.92 Å². The number of methoxy groups -OCH3 is 1. The van der Waals surface area contributed by atoms with Crippen molar-refractivity contribution in [2.75, 3.05) is 25.0 Å². The zero-order chi connectivity index (χ0) is 11.8. The average Bonchev–Trinajstić information content (AvgIpc) is 2.35. The molecule has 0 amide bonds. The van der Waals surface area contributed by atoms with Gasteiger partial charge in [-0.25, -0.2) is 0 Å². The Kier molecular flexibility index (Phi) is 6.74. The van der Waals surface area contributed by atoms with E-state index in [-0.39, 0.29) is 0 Å². The highest BCUT2D eigenvalue weighted by Crippen LogP contribution is 2.18. The summed E-state index contributed by atoms with van der Waals surface area (Å²) in [6, 6.07) is 8.26. The lowest BCUT2D eigenvalue weighted by Gasteiger charge is -2.13. The predicted molar refractivity (Wildman–Crippen MR) is 73.9 cm³/mol. The summed E-state index contributed by atoms with van der Waals surface area (Å²) < 4.78 is 5.14. The maximum Gasteiger partial charge on any atom is 0.118 e. The van der Waals surface area contributed by atoms with Crippen LogP contribution in [0.3, 0.4) is 0 Å². The molecule has 0 aliphatic heterocycles. The molecule has 0 saturated carbocycles. The summed E-state index contributed by atoms with van der Waals surface area (Å²) in [4.78, 5) is 0. The number of hydrogen-bond donors (Lipinski definition) is 0. The first-order valence-electron chi connectivity index (χ1n) is 5.48. The zero-order valence-electron chi connectivity index (χ0n) is 9.91. The number of thioether (sulfide) groups is 1. The molecule has 0 aliphatic carbocycles. The topological polar surface area (TPSA) is 9.23 Å². The number of hydrogen-bond acceptors (Lipinski definition) is 2. The third-order valence-electron chi connectivity index (χ3n) is 2.63. The van der Waals surface area contributed by atoms with Crippen molar-refractivity contribution in [2.24, 2.45) is 5.92 Å². The van der Waals surface area contributed by atoms with Gasteiger partial charge in [0.05, 0.1) is 7.11 Å². The molecule has 1 unspecified atom stereocenters. The fourth-order valence-corrected chi connectivity index (χ4v) is 2.45. The molecule has 0 radical (unpaired) electrons. The first kappa shape index (κ1) is 13.7. The molecule has 1 atom stereocenters. The molecule has 0 heterocycles. The molecule has 0 fully saturated rings. The number of benzene rings is 1. The number of ether oxygens (including phenoxy) is 1. The van der Waals surface area contributed by atoms with Crippen molar-refractivity contribution in [1.29, 1.82) is 0 Å². The van der Waals surface area contributed by atoms with Gasteiger partial charge < -0.3 is 4.74 Å². The molecule has 1 aromatic rings. The Morgan fingerprint density at radius 3 is 2.50 bits per heavy atom. The van der Waals surface area contributed by atoms with Crippen LogP contribution in [0.1, 0.15) is 12.0 Å². The molecule has 16 heavy (non-hydrogen) atoms. The predicted octanol–water partition coefficient (Wildman–Crippen LogP) is 3.85. The highest BCUT2D eigenvalue weighted by molar-refractivity contribution is 7.98. The number of halogens is 1. The second-order valence-corrected chi connectivity index (χ2v) is 5.15. The molecule has 0 saturated heterocycles. The Morgan fingerprint density at radius 2 is 2.00 bits per heavy atom. The van der Waals surface area contributed by atoms with E-state index in [1.807, 2.05) is 23.9 Å². The third kappa shape index (κ3) is 4.67. The number of alkyl halides is 1. The second kappa shape index (κ2) is 7.86. The number of rotatable bonds is 7. The highest BCUT2D eigenvalue weighted by atomic mass is 35.5. The minimum absolute atomic E-state index is 0.586. The minimum atomic E-state index is 0.586. The van der Waals surface area contributed by atoms with Gasteiger partial charge in [0.1, 0.15) is 5.75 Å². The molecule has 1 aromatic carbocycles. The molecular formula is C13H19ClOS. The van der Waals surface area contributed by atoms with Gasteiger partial charge in [-0.3, -0.25) is 0 Å². The molecule has 90 valence electrons. The van der Waals surface area contributed by atoms with Crippen LogP contribution in [-0.2, 0) is 6.42 Å². The van der Waals surface area contributed by atoms with Gasteiger partial charge in [0.25, 0.3) is 0 Å². The van der Waals surface area contributed by atoms with E-state index in [0.29, 0.717) is 5.92 Å². The third-order valence-corrected chi connectivity index (χ3v) is 3.71. The van der Waals surface area contributed by atoms with E-state index in [1.54, 1.807) is 7.11 Å². The van der Waals surface area contributed by atoms with E-state index in [9.17, 15) is 0 Å². The van der Waals surface area contributed by atoms with Crippen LogP contribution >= 0.6 is 23.4 Å². The Hall–Kier alpha value is -0.340. The van der Waals surface area contributed by atoms with Gasteiger partial charge >= 0.3 is 0 Å². The van der Waals surface area contributed by atoms with Crippen molar-refractivity contribution in [1.82, 2.24) is 0 Å². The molecule has 0 aliphatic rings. The second-order valence-electron chi connectivity index (χ2n) is 3.85. The molecule has 0 N–H and O–H groups in total. The lowest BCUT2D eigenvalue weighted by Crippen LogP contribution is -2.07. The van der Waals surface area contributed by atoms with Crippen molar-refractivity contribution in [3.8, 4) is 5.75 Å². The summed E-state index contributed by atoms with van der Waals surface area (Å²) in [7, 11) is 1.69. The van der Waals surface area contributed by atoms with Gasteiger partial charge in [-0.15, -0.1) is 11.6 Å². The van der Waals surface area contributed by atoms with Crippen LogP contribution < -0.4 is 4.74 Å². The maximum atomic E-state index is 5.98. The highest BCUT2D eigenvalue weighted by Gasteiger charge is 2.08. The van der Waals surface area contributed by atoms with Crippen LogP contribution in [0.2, 0.25) is 0 Å². The van der Waals surface area contributed by atoms with E-state index >= 15 is 0 Å². The molecular weight excluding hydrogens is 240 g/mol. The first-order chi connectivity index (χ1) is 7.80. The SMILES string of the molecule is COc1ccc(CC(CCl)CCSC)cc1. The van der Waals surface area contributed by atoms with E-state index in [0.717, 1.165) is 18.1 Å². The molecule has 0 aromatic heterocycles. The Morgan fingerprint density at radius 1 is 1.31 bits per heavy atom. The van der Waals surface area contributed by atoms with Gasteiger partial charge in [-0.1, -0.05) is 12.1 Å². The Bertz CT molecular complexity index is 286. The fraction of sp³-hybridized carbons (Fsp3) is 0.538. The van der Waals surface area contributed by atoms with Crippen molar-refractivity contribution >= 4 is 23.4 Å². The quantitative estimate of drug-likeness (QED) is 0.687. The molecule has 0 bridgehead atoms. The fourth-order valence-electron chi connectivity index (χ4n) is 1.61. The van der Waals surface area contributed by atoms with E-state index in [1.165, 1.54) is 17.7 Å². The molecule has 3 heteroatoms. The van der Waals surface area contributed by atoms with Crippen LogP contribution in [-0.4, -0.2) is 25.0 Å². The van der Waals surface area contributed by atoms with Gasteiger partial charge in [0.2, 0.25) is 0 Å². The Labute approximate surface area is 108 Å². The summed E-state index contributed by atoms with van der Waals surface area (Å²) in [6.45, 7) is 0. The van der Waals surface area contributed by atoms with E-state index < -0.39 is 0 Å². The van der Waals surface area contributed by atoms with Crippen LogP contribution in [0.4, 0.5) is 0 Å². The van der Waals surface area contributed by atoms with Gasteiger partial charge in [0, 0.05) is 5.88 Å². The molecule has 1 rings (SSSR count). The van der Waals surface area contributed by atoms with Crippen molar-refractivity contribution in [3.63, 3.8) is 0 Å². The molecule has 1 nitrogen and oxygen atoms in total. The van der Waals surface area contributed by atoms with Crippen molar-refractivity contribution in [3.05, 3.63) is 29.8 Å². The standard InChI is InChI=1S/C13H19ClOS/c1-15-13-5-3-11(4-6-13)9-12(10-14)7-8-16-2/h3-6,12H,7-10H2,1-2H3. The lowest BCUT2D eigenvalue weighted by molar-refractivity contribution is 0.414. The summed E-state index contributed by atoms with van der Waals surface area (Å²) in [5.41, 5.74) is 1.34. The van der Waals surface area contributed by atoms with Gasteiger partial charge in [0.15, 0.2) is 0 Å². The van der Waals surface area contributed by atoms with Gasteiger partial charge in [-0.05, 0) is 48.5 Å². The van der Waals surface area contributed by atoms with Crippen molar-refractivity contribution < 1.29 is 4.74 Å². The van der Waals surface area contributed by atoms with Crippen molar-refractivity contribution in [2.45, 2.75) is 12.8 Å². The zero-order valence-corrected chi connectivity index (χ0v) is 11.5. The summed E-state index contributed by atoms with van der Waals surface area (Å²) >= 11 is 7.86. The van der Waals surface area contributed by atoms with Crippen LogP contribution in [0.5, 0.6) is 5.75 Å². The summed E-state index contributed by atoms with van der Waals surface area (Å²) in [5.74, 6) is 3.43. The largest absolute Gasteiger partial charge is 0.497 e. The van der Waals surface area contributed by atoms with E-state index in [2.05, 4.69) is 18.4 Å².